The molecule has 33 heavy (non-hydrogen) atoms. The van der Waals surface area contributed by atoms with Gasteiger partial charge in [0.2, 0.25) is 15.9 Å². The minimum Gasteiger partial charge on any atom is -0.273 e. The van der Waals surface area contributed by atoms with Crippen molar-refractivity contribution >= 4 is 21.8 Å². The molecule has 0 bridgehead atoms. The van der Waals surface area contributed by atoms with E-state index in [0.29, 0.717) is 0 Å². The maximum absolute atomic E-state index is 13.2. The summed E-state index contributed by atoms with van der Waals surface area (Å²) in [6.45, 7) is 3.26. The number of aryl methyl sites for hydroxylation is 2. The fourth-order valence-electron chi connectivity index (χ4n) is 3.67. The number of sulfonamides is 1. The van der Waals surface area contributed by atoms with Gasteiger partial charge in [-0.3, -0.25) is 25.1 Å². The third-order valence-electron chi connectivity index (χ3n) is 5.36. The molecule has 1 aromatic carbocycles. The number of halogens is 3. The fourth-order valence-corrected chi connectivity index (χ4v) is 5.35. The maximum atomic E-state index is 13.2. The lowest BCUT2D eigenvalue weighted by Gasteiger charge is -2.31. The molecule has 1 fully saturated rings. The Balaban J connectivity index is 1.56. The number of carbonyl (C=O) groups excluding carboxylic acids is 2. The van der Waals surface area contributed by atoms with Gasteiger partial charge in [-0.2, -0.15) is 22.6 Å². The second kappa shape index (κ2) is 9.51. The molecule has 3 rings (SSSR count). The van der Waals surface area contributed by atoms with E-state index >= 15 is 0 Å². The van der Waals surface area contributed by atoms with Crippen LogP contribution in [0.4, 0.5) is 13.2 Å². The van der Waals surface area contributed by atoms with Gasteiger partial charge in [-0.1, -0.05) is 12.1 Å². The Hall–Kier alpha value is -2.93. The van der Waals surface area contributed by atoms with Gasteiger partial charge in [0.05, 0.1) is 16.2 Å². The summed E-state index contributed by atoms with van der Waals surface area (Å²) in [4.78, 5) is 23.6. The van der Waals surface area contributed by atoms with Crippen molar-refractivity contribution in [2.24, 2.45) is 5.92 Å². The molecule has 2 N–H and O–H groups in total. The van der Waals surface area contributed by atoms with Crippen LogP contribution in [-0.4, -0.2) is 47.4 Å². The second-order valence-corrected chi connectivity index (χ2v) is 9.70. The molecule has 13 heteroatoms. The van der Waals surface area contributed by atoms with Gasteiger partial charge in [0, 0.05) is 24.7 Å². The molecule has 180 valence electrons. The molecule has 1 aliphatic rings. The lowest BCUT2D eigenvalue weighted by Crippen LogP contribution is -2.49. The average Bonchev–Trinajstić information content (AvgIpc) is 3.08. The van der Waals surface area contributed by atoms with Crippen molar-refractivity contribution < 1.29 is 31.2 Å². The predicted octanol–water partition coefficient (Wildman–Crippen LogP) is 1.77. The van der Waals surface area contributed by atoms with Gasteiger partial charge < -0.3 is 0 Å². The number of hydrogen-bond acceptors (Lipinski definition) is 5. The lowest BCUT2D eigenvalue weighted by molar-refractivity contribution is -0.140. The lowest BCUT2D eigenvalue weighted by atomic mass is 9.98. The minimum absolute atomic E-state index is 0.0880. The van der Waals surface area contributed by atoms with E-state index in [2.05, 4.69) is 16.0 Å². The normalized spacial score (nSPS) is 15.9. The molecule has 0 radical (unpaired) electrons. The van der Waals surface area contributed by atoms with E-state index in [4.69, 9.17) is 0 Å². The standard InChI is InChI=1S/C20H24F3N5O4S/c1-13-11-14(2)28(26-13)12-18(29)24-25-19(30)15-7-9-27(10-8-15)33(31,32)17-6-4-3-5-16(17)20(21,22)23/h3-6,11,15H,7-10,12H2,1-2H3,(H,24,29)(H,25,30). The fraction of sp³-hybridized carbons (Fsp3) is 0.450. The van der Waals surface area contributed by atoms with Crippen LogP contribution in [0, 0.1) is 19.8 Å². The highest BCUT2D eigenvalue weighted by atomic mass is 32.2. The topological polar surface area (TPSA) is 113 Å². The molecule has 2 aromatic rings. The minimum atomic E-state index is -4.81. The summed E-state index contributed by atoms with van der Waals surface area (Å²) in [5, 5.41) is 4.16. The predicted molar refractivity (Wildman–Crippen MR) is 111 cm³/mol. The van der Waals surface area contributed by atoms with Crippen LogP contribution in [0.3, 0.4) is 0 Å². The third kappa shape index (κ3) is 5.71. The number of alkyl halides is 3. The Labute approximate surface area is 189 Å². The van der Waals surface area contributed by atoms with E-state index < -0.39 is 44.4 Å². The van der Waals surface area contributed by atoms with Crippen LogP contribution in [0.1, 0.15) is 29.8 Å². The number of benzene rings is 1. The van der Waals surface area contributed by atoms with Gasteiger partial charge in [-0.05, 0) is 44.9 Å². The SMILES string of the molecule is Cc1cc(C)n(CC(=O)NNC(=O)C2CCN(S(=O)(=O)c3ccccc3C(F)(F)F)CC2)n1. The maximum Gasteiger partial charge on any atom is 0.417 e. The summed E-state index contributed by atoms with van der Waals surface area (Å²) in [5.74, 6) is -1.58. The largest absolute Gasteiger partial charge is 0.417 e. The Bertz CT molecular complexity index is 1140. The average molecular weight is 488 g/mol. The number of hydrogen-bond donors (Lipinski definition) is 2. The summed E-state index contributed by atoms with van der Waals surface area (Å²) in [5.41, 5.74) is 4.93. The highest BCUT2D eigenvalue weighted by Gasteiger charge is 2.40. The highest BCUT2D eigenvalue weighted by molar-refractivity contribution is 7.89. The van der Waals surface area contributed by atoms with Gasteiger partial charge in [0.1, 0.15) is 6.54 Å². The number of piperidine rings is 1. The van der Waals surface area contributed by atoms with E-state index in [1.165, 1.54) is 10.7 Å². The summed E-state index contributed by atoms with van der Waals surface area (Å²) in [6, 6.07) is 5.82. The van der Waals surface area contributed by atoms with Crippen LogP contribution in [-0.2, 0) is 32.3 Å². The van der Waals surface area contributed by atoms with E-state index in [9.17, 15) is 31.2 Å². The van der Waals surface area contributed by atoms with Gasteiger partial charge >= 0.3 is 6.18 Å². The van der Waals surface area contributed by atoms with Crippen LogP contribution in [0.25, 0.3) is 0 Å². The molecular formula is C20H24F3N5O4S. The van der Waals surface area contributed by atoms with Crippen molar-refractivity contribution in [3.8, 4) is 0 Å². The van der Waals surface area contributed by atoms with E-state index in [1.807, 2.05) is 0 Å². The Morgan fingerprint density at radius 3 is 2.33 bits per heavy atom. The summed E-state index contributed by atoms with van der Waals surface area (Å²) >= 11 is 0. The molecule has 1 aromatic heterocycles. The zero-order valence-electron chi connectivity index (χ0n) is 18.0. The molecule has 0 unspecified atom stereocenters. The summed E-state index contributed by atoms with van der Waals surface area (Å²) in [6.07, 6.45) is -4.60. The third-order valence-corrected chi connectivity index (χ3v) is 7.31. The number of carbonyl (C=O) groups is 2. The number of rotatable bonds is 5. The van der Waals surface area contributed by atoms with Crippen LogP contribution in [0.15, 0.2) is 35.2 Å². The first kappa shape index (κ1) is 24.7. The summed E-state index contributed by atoms with van der Waals surface area (Å²) < 4.78 is 67.8. The van der Waals surface area contributed by atoms with Crippen LogP contribution < -0.4 is 10.9 Å². The van der Waals surface area contributed by atoms with Crippen molar-refractivity contribution in [2.75, 3.05) is 13.1 Å². The van der Waals surface area contributed by atoms with Gasteiger partial charge in [-0.15, -0.1) is 0 Å². The monoisotopic (exact) mass is 487 g/mol. The van der Waals surface area contributed by atoms with Gasteiger partial charge in [0.25, 0.3) is 5.91 Å². The first-order valence-corrected chi connectivity index (χ1v) is 11.6. The molecular weight excluding hydrogens is 463 g/mol. The van der Waals surface area contributed by atoms with Crippen LogP contribution in [0.2, 0.25) is 0 Å². The highest BCUT2D eigenvalue weighted by Crippen LogP contribution is 2.36. The number of amides is 2. The number of nitrogens with one attached hydrogen (secondary N) is 2. The van der Waals surface area contributed by atoms with E-state index in [-0.39, 0.29) is 32.5 Å². The van der Waals surface area contributed by atoms with Crippen molar-refractivity contribution in [3.63, 3.8) is 0 Å². The second-order valence-electron chi connectivity index (χ2n) is 7.79. The molecule has 2 heterocycles. The molecule has 0 saturated carbocycles. The summed E-state index contributed by atoms with van der Waals surface area (Å²) in [7, 11) is -4.39. The van der Waals surface area contributed by atoms with E-state index in [0.717, 1.165) is 33.9 Å². The van der Waals surface area contributed by atoms with E-state index in [1.54, 1.807) is 19.9 Å². The van der Waals surface area contributed by atoms with Crippen LogP contribution in [0.5, 0.6) is 0 Å². The number of nitrogens with zero attached hydrogens (tertiary/aromatic N) is 3. The molecule has 1 aliphatic heterocycles. The van der Waals surface area contributed by atoms with Crippen molar-refractivity contribution in [1.29, 1.82) is 0 Å². The zero-order chi connectivity index (χ0) is 24.4. The van der Waals surface area contributed by atoms with Crippen molar-refractivity contribution in [3.05, 3.63) is 47.3 Å². The first-order valence-electron chi connectivity index (χ1n) is 10.2. The number of hydrazine groups is 1. The Morgan fingerprint density at radius 2 is 1.76 bits per heavy atom. The molecule has 2 amide bonds. The molecule has 0 spiro atoms. The quantitative estimate of drug-likeness (QED) is 0.624. The van der Waals surface area contributed by atoms with Crippen molar-refractivity contribution in [1.82, 2.24) is 24.9 Å². The smallest absolute Gasteiger partial charge is 0.273 e. The number of aromatic nitrogens is 2. The first-order chi connectivity index (χ1) is 15.4. The van der Waals surface area contributed by atoms with Gasteiger partial charge in [-0.25, -0.2) is 8.42 Å². The molecule has 0 atom stereocenters. The van der Waals surface area contributed by atoms with Gasteiger partial charge in [0.15, 0.2) is 0 Å². The van der Waals surface area contributed by atoms with Crippen LogP contribution >= 0.6 is 0 Å². The zero-order valence-corrected chi connectivity index (χ0v) is 18.8. The molecule has 0 aliphatic carbocycles. The molecule has 1 saturated heterocycles. The van der Waals surface area contributed by atoms with Crippen molar-refractivity contribution in [2.45, 2.75) is 44.3 Å². The Morgan fingerprint density at radius 1 is 1.12 bits per heavy atom. The Kier molecular flexibility index (Phi) is 7.12. The molecule has 9 nitrogen and oxygen atoms in total.